The number of nitrogens with zero attached hydrogens (tertiary/aromatic N) is 1. The van der Waals surface area contributed by atoms with Gasteiger partial charge in [-0.25, -0.2) is 4.39 Å². The lowest BCUT2D eigenvalue weighted by Gasteiger charge is -2.26. The van der Waals surface area contributed by atoms with Crippen LogP contribution in [0.25, 0.3) is 5.76 Å². The molecule has 0 bridgehead atoms. The average Bonchev–Trinajstić information content (AvgIpc) is 3.09. The van der Waals surface area contributed by atoms with Gasteiger partial charge in [-0.2, -0.15) is 0 Å². The number of aliphatic hydroxyl groups is 1. The number of anilines is 1. The van der Waals surface area contributed by atoms with Crippen molar-refractivity contribution < 1.29 is 28.9 Å². The number of aromatic hydroxyl groups is 1. The Bertz CT molecular complexity index is 1320. The lowest BCUT2D eigenvalue weighted by molar-refractivity contribution is -0.132. The van der Waals surface area contributed by atoms with Crippen molar-refractivity contribution in [2.75, 3.05) is 12.0 Å². The van der Waals surface area contributed by atoms with Crippen molar-refractivity contribution >= 4 is 23.1 Å². The van der Waals surface area contributed by atoms with Crippen LogP contribution in [0.2, 0.25) is 0 Å². The number of phenols is 1. The molecule has 0 aromatic heterocycles. The van der Waals surface area contributed by atoms with Gasteiger partial charge >= 0.3 is 0 Å². The van der Waals surface area contributed by atoms with Crippen molar-refractivity contribution in [3.05, 3.63) is 94.8 Å². The minimum absolute atomic E-state index is 0.00651. The van der Waals surface area contributed by atoms with E-state index in [0.717, 1.165) is 5.56 Å². The van der Waals surface area contributed by atoms with Gasteiger partial charge in [-0.05, 0) is 65.1 Å². The second kappa shape index (κ2) is 8.91. The molecular weight excluding hydrogens is 449 g/mol. The van der Waals surface area contributed by atoms with E-state index in [1.165, 1.54) is 48.4 Å². The van der Waals surface area contributed by atoms with Crippen molar-refractivity contribution in [2.24, 2.45) is 0 Å². The number of carbonyl (C=O) groups excluding carboxylic acids is 2. The van der Waals surface area contributed by atoms with Gasteiger partial charge in [0.15, 0.2) is 0 Å². The van der Waals surface area contributed by atoms with Gasteiger partial charge in [-0.1, -0.05) is 39.0 Å². The Hall–Kier alpha value is -4.13. The maximum Gasteiger partial charge on any atom is 0.300 e. The molecule has 1 saturated heterocycles. The molecule has 6 nitrogen and oxygen atoms in total. The van der Waals surface area contributed by atoms with Crippen molar-refractivity contribution in [2.45, 2.75) is 32.2 Å². The zero-order valence-corrected chi connectivity index (χ0v) is 19.9. The molecule has 4 rings (SSSR count). The number of rotatable bonds is 4. The Balaban J connectivity index is 1.99. The van der Waals surface area contributed by atoms with E-state index in [2.05, 4.69) is 0 Å². The van der Waals surface area contributed by atoms with Gasteiger partial charge in [0.25, 0.3) is 11.7 Å². The summed E-state index contributed by atoms with van der Waals surface area (Å²) in [5, 5.41) is 21.3. The summed E-state index contributed by atoms with van der Waals surface area (Å²) in [5.74, 6) is -2.26. The summed E-state index contributed by atoms with van der Waals surface area (Å²) in [6.07, 6.45) is 0. The Morgan fingerprint density at radius 3 is 2.17 bits per heavy atom. The highest BCUT2D eigenvalue weighted by Gasteiger charge is 2.47. The minimum atomic E-state index is -1.01. The van der Waals surface area contributed by atoms with Crippen LogP contribution >= 0.6 is 0 Å². The third kappa shape index (κ3) is 4.37. The number of hydrogen-bond donors (Lipinski definition) is 2. The van der Waals surface area contributed by atoms with Crippen LogP contribution in [-0.4, -0.2) is 29.0 Å². The van der Waals surface area contributed by atoms with Gasteiger partial charge in [-0.3, -0.25) is 14.5 Å². The predicted octanol–water partition coefficient (Wildman–Crippen LogP) is 5.46. The number of Topliss-reactive ketones (excluding diaryl/α,β-unsaturated/α-hetero) is 1. The Labute approximate surface area is 202 Å². The summed E-state index contributed by atoms with van der Waals surface area (Å²) in [4.78, 5) is 27.8. The number of ether oxygens (including phenoxy) is 1. The highest BCUT2D eigenvalue weighted by molar-refractivity contribution is 6.51. The molecule has 0 saturated carbocycles. The molecule has 0 aliphatic carbocycles. The van der Waals surface area contributed by atoms with Crippen LogP contribution in [0, 0.1) is 5.82 Å². The third-order valence-corrected chi connectivity index (χ3v) is 6.08. The summed E-state index contributed by atoms with van der Waals surface area (Å²) in [6, 6.07) is 15.5. The van der Waals surface area contributed by atoms with Gasteiger partial charge in [0.2, 0.25) is 0 Å². The van der Waals surface area contributed by atoms with E-state index in [4.69, 9.17) is 4.74 Å². The molecule has 35 heavy (non-hydrogen) atoms. The molecule has 7 heteroatoms. The van der Waals surface area contributed by atoms with Crippen LogP contribution in [0.4, 0.5) is 10.1 Å². The summed E-state index contributed by atoms with van der Waals surface area (Å²) in [5.41, 5.74) is 1.57. The number of hydrogen-bond acceptors (Lipinski definition) is 5. The zero-order chi connectivity index (χ0) is 25.5. The predicted molar refractivity (Wildman–Crippen MR) is 131 cm³/mol. The second-order valence-corrected chi connectivity index (χ2v) is 9.40. The number of amides is 1. The third-order valence-electron chi connectivity index (χ3n) is 6.08. The minimum Gasteiger partial charge on any atom is -0.508 e. The van der Waals surface area contributed by atoms with E-state index in [1.54, 1.807) is 24.3 Å². The van der Waals surface area contributed by atoms with E-state index in [9.17, 15) is 24.2 Å². The highest BCUT2D eigenvalue weighted by atomic mass is 19.1. The molecule has 0 spiro atoms. The first-order valence-electron chi connectivity index (χ1n) is 11.1. The van der Waals surface area contributed by atoms with E-state index in [1.807, 2.05) is 26.8 Å². The molecular formula is C28H26FNO5. The SMILES string of the molecule is COc1ccc(C(C)(C)C)cc1/C(O)=C1\C(=O)C(=O)N(c2ccc(F)cc2)C1c1ccc(O)cc1. The molecule has 1 fully saturated rings. The normalized spacial score (nSPS) is 17.6. The van der Waals surface area contributed by atoms with E-state index < -0.39 is 23.5 Å². The number of ketones is 1. The standard InChI is InChI=1S/C28H26FNO5/c1-28(2,3)17-7-14-22(35-4)21(15-17)25(32)23-24(16-5-12-20(31)13-6-16)30(27(34)26(23)33)19-10-8-18(29)9-11-19/h5-15,24,31-32H,1-4H3/b25-23+. The van der Waals surface area contributed by atoms with Crippen LogP contribution in [0.5, 0.6) is 11.5 Å². The largest absolute Gasteiger partial charge is 0.508 e. The molecule has 1 heterocycles. The van der Waals surface area contributed by atoms with Gasteiger partial charge < -0.3 is 14.9 Å². The topological polar surface area (TPSA) is 87.1 Å². The number of methoxy groups -OCH3 is 1. The monoisotopic (exact) mass is 475 g/mol. The Kier molecular flexibility index (Phi) is 6.11. The maximum absolute atomic E-state index is 13.6. The summed E-state index contributed by atoms with van der Waals surface area (Å²) >= 11 is 0. The van der Waals surface area contributed by atoms with Crippen molar-refractivity contribution in [1.29, 1.82) is 0 Å². The first-order valence-corrected chi connectivity index (χ1v) is 11.1. The first-order chi connectivity index (χ1) is 16.5. The quantitative estimate of drug-likeness (QED) is 0.297. The molecule has 180 valence electrons. The highest BCUT2D eigenvalue weighted by Crippen LogP contribution is 2.44. The molecule has 2 N–H and O–H groups in total. The smallest absolute Gasteiger partial charge is 0.300 e. The first kappa shape index (κ1) is 24.0. The fraction of sp³-hybridized carbons (Fsp3) is 0.214. The molecule has 1 unspecified atom stereocenters. The molecule has 1 amide bonds. The van der Waals surface area contributed by atoms with Crippen molar-refractivity contribution in [3.63, 3.8) is 0 Å². The average molecular weight is 476 g/mol. The Morgan fingerprint density at radius 1 is 0.971 bits per heavy atom. The molecule has 0 radical (unpaired) electrons. The Morgan fingerprint density at radius 2 is 1.60 bits per heavy atom. The van der Waals surface area contributed by atoms with Gasteiger partial charge in [-0.15, -0.1) is 0 Å². The van der Waals surface area contributed by atoms with Crippen LogP contribution < -0.4 is 9.64 Å². The second-order valence-electron chi connectivity index (χ2n) is 9.40. The van der Waals surface area contributed by atoms with E-state index in [-0.39, 0.29) is 28.1 Å². The van der Waals surface area contributed by atoms with E-state index >= 15 is 0 Å². The molecule has 3 aromatic rings. The lowest BCUT2D eigenvalue weighted by Crippen LogP contribution is -2.29. The zero-order valence-electron chi connectivity index (χ0n) is 19.9. The number of aliphatic hydroxyl groups excluding tert-OH is 1. The van der Waals surface area contributed by atoms with Crippen LogP contribution in [0.3, 0.4) is 0 Å². The fourth-order valence-electron chi connectivity index (χ4n) is 4.18. The number of carbonyl (C=O) groups is 2. The van der Waals surface area contributed by atoms with Crippen molar-refractivity contribution in [3.8, 4) is 11.5 Å². The van der Waals surface area contributed by atoms with Crippen molar-refractivity contribution in [1.82, 2.24) is 0 Å². The summed E-state index contributed by atoms with van der Waals surface area (Å²) < 4.78 is 19.1. The fourth-order valence-corrected chi connectivity index (χ4v) is 4.18. The number of benzene rings is 3. The van der Waals surface area contributed by atoms with Gasteiger partial charge in [0, 0.05) is 5.69 Å². The van der Waals surface area contributed by atoms with Crippen LogP contribution in [0.1, 0.15) is 43.5 Å². The van der Waals surface area contributed by atoms with Crippen LogP contribution in [-0.2, 0) is 15.0 Å². The van der Waals surface area contributed by atoms with Crippen LogP contribution in [0.15, 0.2) is 72.3 Å². The summed E-state index contributed by atoms with van der Waals surface area (Å²) in [7, 11) is 1.46. The number of phenolic OH excluding ortho intramolecular Hbond substituents is 1. The molecule has 1 atom stereocenters. The summed E-state index contributed by atoms with van der Waals surface area (Å²) in [6.45, 7) is 6.05. The van der Waals surface area contributed by atoms with Gasteiger partial charge in [0.1, 0.15) is 23.1 Å². The maximum atomic E-state index is 13.6. The van der Waals surface area contributed by atoms with E-state index in [0.29, 0.717) is 17.0 Å². The molecule has 3 aromatic carbocycles. The number of halogens is 1. The molecule has 1 aliphatic heterocycles. The van der Waals surface area contributed by atoms with Gasteiger partial charge in [0.05, 0.1) is 24.3 Å². The lowest BCUT2D eigenvalue weighted by atomic mass is 9.85. The molecule has 1 aliphatic rings.